The maximum absolute atomic E-state index is 5.63. The number of fused-ring (bicyclic) bond motifs is 1. The van der Waals surface area contributed by atoms with E-state index in [1.54, 1.807) is 0 Å². The summed E-state index contributed by atoms with van der Waals surface area (Å²) in [6.07, 6.45) is 6.67. The molecular weight excluding hydrogens is 226 g/mol. The molecule has 1 unspecified atom stereocenters. The van der Waals surface area contributed by atoms with Gasteiger partial charge >= 0.3 is 0 Å². The van der Waals surface area contributed by atoms with E-state index in [2.05, 4.69) is 15.4 Å². The fourth-order valence-corrected chi connectivity index (χ4v) is 2.50. The number of pyridine rings is 1. The van der Waals surface area contributed by atoms with Gasteiger partial charge in [-0.2, -0.15) is 5.10 Å². The maximum Gasteiger partial charge on any atom is 0.155 e. The second-order valence-corrected chi connectivity index (χ2v) is 4.92. The van der Waals surface area contributed by atoms with E-state index in [0.29, 0.717) is 12.6 Å². The zero-order chi connectivity index (χ0) is 12.4. The molecule has 0 amide bonds. The van der Waals surface area contributed by atoms with Crippen molar-refractivity contribution in [2.24, 2.45) is 5.73 Å². The maximum atomic E-state index is 5.63. The molecule has 0 spiro atoms. The predicted molar refractivity (Wildman–Crippen MR) is 70.2 cm³/mol. The van der Waals surface area contributed by atoms with Crippen molar-refractivity contribution < 1.29 is 0 Å². The van der Waals surface area contributed by atoms with E-state index in [4.69, 9.17) is 5.73 Å². The van der Waals surface area contributed by atoms with Crippen molar-refractivity contribution in [3.05, 3.63) is 29.7 Å². The van der Waals surface area contributed by atoms with Crippen LogP contribution in [0.4, 0.5) is 0 Å². The van der Waals surface area contributed by atoms with E-state index in [-0.39, 0.29) is 0 Å². The number of hydrogen-bond donors (Lipinski definition) is 2. The second kappa shape index (κ2) is 5.04. The molecule has 5 heteroatoms. The molecule has 0 saturated carbocycles. The highest BCUT2D eigenvalue weighted by molar-refractivity contribution is 5.40. The third kappa shape index (κ3) is 2.37. The molecule has 0 aromatic carbocycles. The van der Waals surface area contributed by atoms with Gasteiger partial charge in [0.05, 0.1) is 0 Å². The van der Waals surface area contributed by atoms with Crippen LogP contribution >= 0.6 is 0 Å². The first-order valence-corrected chi connectivity index (χ1v) is 6.63. The Morgan fingerprint density at radius 1 is 1.44 bits per heavy atom. The van der Waals surface area contributed by atoms with Gasteiger partial charge in [-0.25, -0.2) is 9.50 Å². The first-order valence-electron chi connectivity index (χ1n) is 6.63. The summed E-state index contributed by atoms with van der Waals surface area (Å²) in [6.45, 7) is 1.66. The molecule has 0 radical (unpaired) electrons. The van der Waals surface area contributed by atoms with Crippen molar-refractivity contribution in [1.29, 1.82) is 0 Å². The van der Waals surface area contributed by atoms with Gasteiger partial charge < -0.3 is 11.1 Å². The minimum Gasteiger partial charge on any atom is -0.326 e. The third-order valence-corrected chi connectivity index (χ3v) is 3.52. The molecule has 3 heterocycles. The smallest absolute Gasteiger partial charge is 0.155 e. The molecule has 3 rings (SSSR count). The van der Waals surface area contributed by atoms with Crippen LogP contribution in [0.15, 0.2) is 18.3 Å². The van der Waals surface area contributed by atoms with E-state index in [1.165, 1.54) is 19.3 Å². The monoisotopic (exact) mass is 245 g/mol. The Kier molecular flexibility index (Phi) is 3.25. The second-order valence-electron chi connectivity index (χ2n) is 4.92. The number of nitrogens with two attached hydrogens (primary N) is 1. The van der Waals surface area contributed by atoms with Gasteiger partial charge in [0.1, 0.15) is 0 Å². The summed E-state index contributed by atoms with van der Waals surface area (Å²) < 4.78 is 1.83. The largest absolute Gasteiger partial charge is 0.326 e. The SMILES string of the molecule is NCc1ccn2nc(CC3CCCCN3)nc2c1. The van der Waals surface area contributed by atoms with Crippen LogP contribution in [-0.2, 0) is 13.0 Å². The Balaban J connectivity index is 1.79. The normalized spacial score (nSPS) is 20.4. The molecule has 1 aliphatic rings. The minimum atomic E-state index is 0.533. The first-order chi connectivity index (χ1) is 8.85. The van der Waals surface area contributed by atoms with Gasteiger partial charge in [0.15, 0.2) is 11.5 Å². The number of rotatable bonds is 3. The Labute approximate surface area is 106 Å². The van der Waals surface area contributed by atoms with Gasteiger partial charge in [-0.1, -0.05) is 6.42 Å². The number of hydrogen-bond acceptors (Lipinski definition) is 4. The minimum absolute atomic E-state index is 0.533. The zero-order valence-electron chi connectivity index (χ0n) is 10.5. The summed E-state index contributed by atoms with van der Waals surface area (Å²) in [4.78, 5) is 4.57. The number of nitrogens with zero attached hydrogens (tertiary/aromatic N) is 3. The topological polar surface area (TPSA) is 68.2 Å². The van der Waals surface area contributed by atoms with Crippen LogP contribution in [0, 0.1) is 0 Å². The van der Waals surface area contributed by atoms with Crippen molar-refractivity contribution in [2.45, 2.75) is 38.3 Å². The summed E-state index contributed by atoms with van der Waals surface area (Å²) in [5, 5.41) is 8.03. The lowest BCUT2D eigenvalue weighted by molar-refractivity contribution is 0.394. The number of piperidine rings is 1. The van der Waals surface area contributed by atoms with Gasteiger partial charge in [-0.05, 0) is 37.1 Å². The molecule has 5 nitrogen and oxygen atoms in total. The van der Waals surface area contributed by atoms with Crippen LogP contribution in [0.5, 0.6) is 0 Å². The summed E-state index contributed by atoms with van der Waals surface area (Å²) in [6, 6.07) is 4.53. The highest BCUT2D eigenvalue weighted by Gasteiger charge is 2.15. The highest BCUT2D eigenvalue weighted by atomic mass is 15.3. The average Bonchev–Trinajstić information content (AvgIpc) is 2.80. The molecule has 1 aliphatic heterocycles. The quantitative estimate of drug-likeness (QED) is 0.842. The number of nitrogens with one attached hydrogen (secondary N) is 1. The van der Waals surface area contributed by atoms with Crippen molar-refractivity contribution in [3.63, 3.8) is 0 Å². The van der Waals surface area contributed by atoms with Crippen LogP contribution < -0.4 is 11.1 Å². The Hall–Kier alpha value is -1.46. The molecule has 0 bridgehead atoms. The number of aromatic nitrogens is 3. The Bertz CT molecular complexity index is 527. The van der Waals surface area contributed by atoms with Gasteiger partial charge in [0, 0.05) is 25.2 Å². The summed E-state index contributed by atoms with van der Waals surface area (Å²) in [5.41, 5.74) is 7.62. The van der Waals surface area contributed by atoms with Gasteiger partial charge in [-0.3, -0.25) is 0 Å². The van der Waals surface area contributed by atoms with Crippen LogP contribution in [0.2, 0.25) is 0 Å². The first kappa shape index (κ1) is 11.6. The van der Waals surface area contributed by atoms with Crippen molar-refractivity contribution >= 4 is 5.65 Å². The van der Waals surface area contributed by atoms with Crippen LogP contribution in [0.3, 0.4) is 0 Å². The lowest BCUT2D eigenvalue weighted by atomic mass is 10.0. The van der Waals surface area contributed by atoms with Crippen LogP contribution in [0.25, 0.3) is 5.65 Å². The predicted octanol–water partition coefficient (Wildman–Crippen LogP) is 0.873. The van der Waals surface area contributed by atoms with Crippen molar-refractivity contribution in [3.8, 4) is 0 Å². The molecule has 18 heavy (non-hydrogen) atoms. The van der Waals surface area contributed by atoms with Crippen molar-refractivity contribution in [2.75, 3.05) is 6.54 Å². The fraction of sp³-hybridized carbons (Fsp3) is 0.538. The molecule has 1 fully saturated rings. The average molecular weight is 245 g/mol. The Morgan fingerprint density at radius 3 is 3.17 bits per heavy atom. The van der Waals surface area contributed by atoms with Crippen LogP contribution in [0.1, 0.15) is 30.7 Å². The van der Waals surface area contributed by atoms with Gasteiger partial charge in [0.2, 0.25) is 0 Å². The van der Waals surface area contributed by atoms with E-state index in [1.807, 2.05) is 22.8 Å². The molecule has 96 valence electrons. The molecule has 3 N–H and O–H groups in total. The van der Waals surface area contributed by atoms with E-state index >= 15 is 0 Å². The fourth-order valence-electron chi connectivity index (χ4n) is 2.50. The molecule has 1 atom stereocenters. The lowest BCUT2D eigenvalue weighted by Gasteiger charge is -2.21. The summed E-state index contributed by atoms with van der Waals surface area (Å²) >= 11 is 0. The van der Waals surface area contributed by atoms with Gasteiger partial charge in [-0.15, -0.1) is 0 Å². The van der Waals surface area contributed by atoms with Gasteiger partial charge in [0.25, 0.3) is 0 Å². The lowest BCUT2D eigenvalue weighted by Crippen LogP contribution is -2.35. The molecule has 0 aliphatic carbocycles. The molecule has 2 aromatic heterocycles. The van der Waals surface area contributed by atoms with E-state index < -0.39 is 0 Å². The van der Waals surface area contributed by atoms with Crippen molar-refractivity contribution in [1.82, 2.24) is 19.9 Å². The van der Waals surface area contributed by atoms with E-state index in [9.17, 15) is 0 Å². The zero-order valence-corrected chi connectivity index (χ0v) is 10.5. The summed E-state index contributed by atoms with van der Waals surface area (Å²) in [7, 11) is 0. The van der Waals surface area contributed by atoms with E-state index in [0.717, 1.165) is 30.0 Å². The molecule has 2 aromatic rings. The molecule has 1 saturated heterocycles. The van der Waals surface area contributed by atoms with Crippen LogP contribution in [-0.4, -0.2) is 27.2 Å². The third-order valence-electron chi connectivity index (χ3n) is 3.52. The highest BCUT2D eigenvalue weighted by Crippen LogP contribution is 2.12. The standard InChI is InChI=1S/C13H19N5/c14-9-10-4-6-18-13(7-10)16-12(17-18)8-11-3-1-2-5-15-11/h4,6-7,11,15H,1-3,5,8-9,14H2. The summed E-state index contributed by atoms with van der Waals surface area (Å²) in [5.74, 6) is 0.920. The Morgan fingerprint density at radius 2 is 2.39 bits per heavy atom. The molecular formula is C13H19N5.